The minimum Gasteiger partial charge on any atom is -0.396 e. The Kier molecular flexibility index (Phi) is 2.82. The summed E-state index contributed by atoms with van der Waals surface area (Å²) in [6.45, 7) is 0.192. The SMILES string of the molecule is OCCC(c1cccc(F)c1)C1CC1. The molecule has 1 saturated carbocycles. The lowest BCUT2D eigenvalue weighted by molar-refractivity contribution is 0.269. The molecule has 1 N–H and O–H groups in total. The van der Waals surface area contributed by atoms with Crippen molar-refractivity contribution in [3.05, 3.63) is 35.6 Å². The van der Waals surface area contributed by atoms with E-state index in [1.54, 1.807) is 12.1 Å². The lowest BCUT2D eigenvalue weighted by Gasteiger charge is -2.15. The summed E-state index contributed by atoms with van der Waals surface area (Å²) in [6, 6.07) is 6.77. The van der Waals surface area contributed by atoms with Crippen molar-refractivity contribution < 1.29 is 9.50 Å². The zero-order chi connectivity index (χ0) is 9.97. The molecule has 1 atom stereocenters. The van der Waals surface area contributed by atoms with Crippen LogP contribution in [0.2, 0.25) is 0 Å². The lowest BCUT2D eigenvalue weighted by Crippen LogP contribution is -2.04. The molecule has 0 aromatic heterocycles. The molecule has 0 saturated heterocycles. The fourth-order valence-electron chi connectivity index (χ4n) is 2.05. The molecule has 2 heteroatoms. The van der Waals surface area contributed by atoms with Crippen LogP contribution in [-0.4, -0.2) is 11.7 Å². The molecule has 1 aliphatic rings. The van der Waals surface area contributed by atoms with Crippen LogP contribution in [0, 0.1) is 11.7 Å². The highest BCUT2D eigenvalue weighted by Gasteiger charge is 2.31. The lowest BCUT2D eigenvalue weighted by atomic mass is 9.91. The standard InChI is InChI=1S/C12H15FO/c13-11-3-1-2-10(8-11)12(6-7-14)9-4-5-9/h1-3,8-9,12,14H,4-7H2. The molecule has 0 aliphatic heterocycles. The second kappa shape index (κ2) is 4.09. The first-order valence-electron chi connectivity index (χ1n) is 5.17. The van der Waals surface area contributed by atoms with Gasteiger partial charge in [-0.2, -0.15) is 0 Å². The third kappa shape index (κ3) is 2.13. The smallest absolute Gasteiger partial charge is 0.123 e. The topological polar surface area (TPSA) is 20.2 Å². The van der Waals surface area contributed by atoms with Gasteiger partial charge in [-0.3, -0.25) is 0 Å². The Balaban J connectivity index is 2.16. The molecule has 1 aromatic rings. The van der Waals surface area contributed by atoms with Gasteiger partial charge in [0.2, 0.25) is 0 Å². The Morgan fingerprint density at radius 3 is 2.79 bits per heavy atom. The molecule has 0 spiro atoms. The van der Waals surface area contributed by atoms with Gasteiger partial charge >= 0.3 is 0 Å². The molecule has 0 radical (unpaired) electrons. The van der Waals surface area contributed by atoms with Crippen molar-refractivity contribution in [1.29, 1.82) is 0 Å². The van der Waals surface area contributed by atoms with Gasteiger partial charge in [0.25, 0.3) is 0 Å². The van der Waals surface area contributed by atoms with Crippen molar-refractivity contribution >= 4 is 0 Å². The van der Waals surface area contributed by atoms with Crippen molar-refractivity contribution in [2.45, 2.75) is 25.2 Å². The van der Waals surface area contributed by atoms with E-state index in [0.717, 1.165) is 12.0 Å². The molecule has 0 amide bonds. The molecule has 1 nitrogen and oxygen atoms in total. The van der Waals surface area contributed by atoms with Crippen LogP contribution in [0.15, 0.2) is 24.3 Å². The molecular weight excluding hydrogens is 179 g/mol. The summed E-state index contributed by atoms with van der Waals surface area (Å²) in [7, 11) is 0. The van der Waals surface area contributed by atoms with Gasteiger partial charge in [0, 0.05) is 6.61 Å². The van der Waals surface area contributed by atoms with E-state index >= 15 is 0 Å². The second-order valence-electron chi connectivity index (χ2n) is 4.01. The monoisotopic (exact) mass is 194 g/mol. The summed E-state index contributed by atoms with van der Waals surface area (Å²) in [4.78, 5) is 0. The molecule has 1 unspecified atom stereocenters. The number of rotatable bonds is 4. The van der Waals surface area contributed by atoms with E-state index < -0.39 is 0 Å². The summed E-state index contributed by atoms with van der Waals surface area (Å²) in [6.07, 6.45) is 3.20. The van der Waals surface area contributed by atoms with Gasteiger partial charge in [-0.15, -0.1) is 0 Å². The van der Waals surface area contributed by atoms with Crippen molar-refractivity contribution in [2.24, 2.45) is 5.92 Å². The Labute approximate surface area is 83.6 Å². The highest BCUT2D eigenvalue weighted by atomic mass is 19.1. The fourth-order valence-corrected chi connectivity index (χ4v) is 2.05. The summed E-state index contributed by atoms with van der Waals surface area (Å²) in [5.74, 6) is 0.853. The molecular formula is C12H15FO. The largest absolute Gasteiger partial charge is 0.396 e. The van der Waals surface area contributed by atoms with Gasteiger partial charge in [-0.05, 0) is 48.8 Å². The number of halogens is 1. The van der Waals surface area contributed by atoms with Crippen LogP contribution in [-0.2, 0) is 0 Å². The first-order chi connectivity index (χ1) is 6.81. The first-order valence-corrected chi connectivity index (χ1v) is 5.17. The van der Waals surface area contributed by atoms with E-state index in [0.29, 0.717) is 11.8 Å². The highest BCUT2D eigenvalue weighted by molar-refractivity contribution is 5.22. The Morgan fingerprint density at radius 2 is 2.21 bits per heavy atom. The van der Waals surface area contributed by atoms with Gasteiger partial charge in [0.05, 0.1) is 0 Å². The van der Waals surface area contributed by atoms with E-state index in [9.17, 15) is 4.39 Å². The molecule has 2 rings (SSSR count). The number of aliphatic hydroxyl groups is 1. The predicted molar refractivity (Wildman–Crippen MR) is 53.6 cm³/mol. The van der Waals surface area contributed by atoms with E-state index in [1.807, 2.05) is 6.07 Å². The number of benzene rings is 1. The van der Waals surface area contributed by atoms with Crippen LogP contribution in [0.5, 0.6) is 0 Å². The van der Waals surface area contributed by atoms with Gasteiger partial charge in [-0.1, -0.05) is 12.1 Å². The van der Waals surface area contributed by atoms with Crippen molar-refractivity contribution in [3.63, 3.8) is 0 Å². The Hall–Kier alpha value is -0.890. The number of hydrogen-bond donors (Lipinski definition) is 1. The average molecular weight is 194 g/mol. The average Bonchev–Trinajstić information content (AvgIpc) is 2.97. The molecule has 0 bridgehead atoms. The first kappa shape index (κ1) is 9.66. The second-order valence-corrected chi connectivity index (χ2v) is 4.01. The summed E-state index contributed by atoms with van der Waals surface area (Å²) < 4.78 is 13.0. The molecule has 1 aliphatic carbocycles. The van der Waals surface area contributed by atoms with Crippen molar-refractivity contribution in [3.8, 4) is 0 Å². The highest BCUT2D eigenvalue weighted by Crippen LogP contribution is 2.44. The molecule has 0 heterocycles. The van der Waals surface area contributed by atoms with E-state index in [1.165, 1.54) is 18.9 Å². The van der Waals surface area contributed by atoms with Gasteiger partial charge in [0.15, 0.2) is 0 Å². The normalized spacial score (nSPS) is 18.1. The van der Waals surface area contributed by atoms with Gasteiger partial charge in [0.1, 0.15) is 5.82 Å². The molecule has 14 heavy (non-hydrogen) atoms. The maximum absolute atomic E-state index is 13.0. The maximum atomic E-state index is 13.0. The van der Waals surface area contributed by atoms with Crippen LogP contribution in [0.3, 0.4) is 0 Å². The summed E-state index contributed by atoms with van der Waals surface area (Å²) >= 11 is 0. The van der Waals surface area contributed by atoms with Crippen LogP contribution in [0.25, 0.3) is 0 Å². The van der Waals surface area contributed by atoms with Crippen LogP contribution < -0.4 is 0 Å². The van der Waals surface area contributed by atoms with E-state index in [2.05, 4.69) is 0 Å². The Bertz CT molecular complexity index is 307. The van der Waals surface area contributed by atoms with Crippen molar-refractivity contribution in [2.75, 3.05) is 6.61 Å². The van der Waals surface area contributed by atoms with Gasteiger partial charge in [-0.25, -0.2) is 4.39 Å². The quantitative estimate of drug-likeness (QED) is 0.781. The minimum absolute atomic E-state index is 0.175. The predicted octanol–water partition coefficient (Wildman–Crippen LogP) is 2.70. The number of hydrogen-bond acceptors (Lipinski definition) is 1. The van der Waals surface area contributed by atoms with E-state index in [-0.39, 0.29) is 12.4 Å². The fraction of sp³-hybridized carbons (Fsp3) is 0.500. The van der Waals surface area contributed by atoms with Gasteiger partial charge < -0.3 is 5.11 Å². The van der Waals surface area contributed by atoms with Crippen LogP contribution >= 0.6 is 0 Å². The zero-order valence-electron chi connectivity index (χ0n) is 8.12. The molecule has 1 fully saturated rings. The molecule has 1 aromatic carbocycles. The maximum Gasteiger partial charge on any atom is 0.123 e. The number of aliphatic hydroxyl groups excluding tert-OH is 1. The summed E-state index contributed by atoms with van der Waals surface area (Å²) in [5.41, 5.74) is 1.04. The zero-order valence-corrected chi connectivity index (χ0v) is 8.12. The van der Waals surface area contributed by atoms with Crippen LogP contribution in [0.4, 0.5) is 4.39 Å². The molecule has 76 valence electrons. The third-order valence-electron chi connectivity index (χ3n) is 2.91. The van der Waals surface area contributed by atoms with Crippen LogP contribution in [0.1, 0.15) is 30.7 Å². The minimum atomic E-state index is -0.175. The van der Waals surface area contributed by atoms with E-state index in [4.69, 9.17) is 5.11 Å². The third-order valence-corrected chi connectivity index (χ3v) is 2.91. The Morgan fingerprint density at radius 1 is 1.43 bits per heavy atom. The van der Waals surface area contributed by atoms with Crippen molar-refractivity contribution in [1.82, 2.24) is 0 Å². The summed E-state index contributed by atoms with van der Waals surface area (Å²) in [5, 5.41) is 8.95.